The Labute approximate surface area is 66.8 Å². The van der Waals surface area contributed by atoms with E-state index in [2.05, 4.69) is 0 Å². The molecule has 0 saturated heterocycles. The molecule has 0 spiro atoms. The van der Waals surface area contributed by atoms with Crippen LogP contribution in [0.4, 0.5) is 0 Å². The van der Waals surface area contributed by atoms with Gasteiger partial charge in [-0.1, -0.05) is 0 Å². The molecule has 12 N–H and O–H groups in total. The third kappa shape index (κ3) is 192. The fraction of sp³-hybridized carbons (Fsp3) is 0. The zero-order valence-electron chi connectivity index (χ0n) is 3.89. The van der Waals surface area contributed by atoms with Crippen molar-refractivity contribution in [2.24, 2.45) is 0 Å². The SMILES string of the molecule is N.N.N.N.[Cl-].[Cl-].[Cu+2]. The van der Waals surface area contributed by atoms with E-state index in [9.17, 15) is 0 Å². The molecule has 57 valence electrons. The van der Waals surface area contributed by atoms with Gasteiger partial charge in [0.2, 0.25) is 0 Å². The minimum atomic E-state index is 0. The van der Waals surface area contributed by atoms with E-state index in [4.69, 9.17) is 0 Å². The fourth-order valence-electron chi connectivity index (χ4n) is 0. The van der Waals surface area contributed by atoms with Gasteiger partial charge in [0.1, 0.15) is 0 Å². The van der Waals surface area contributed by atoms with Crippen molar-refractivity contribution in [1.29, 1.82) is 0 Å². The van der Waals surface area contributed by atoms with Crippen molar-refractivity contribution in [3.63, 3.8) is 0 Å². The third-order valence-corrected chi connectivity index (χ3v) is 0. The number of hydrogen-bond acceptors (Lipinski definition) is 4. The van der Waals surface area contributed by atoms with Crippen molar-refractivity contribution >= 4 is 0 Å². The summed E-state index contributed by atoms with van der Waals surface area (Å²) in [5.41, 5.74) is 0. The van der Waals surface area contributed by atoms with E-state index in [1.807, 2.05) is 0 Å². The quantitative estimate of drug-likeness (QED) is 0.291. The standard InChI is InChI=1S/2ClH.Cu.4H3N/h2*1H;;4*1H3/q;;+2;;;;/p-2. The molecule has 0 aromatic rings. The second-order valence-electron chi connectivity index (χ2n) is 0. The third-order valence-electron chi connectivity index (χ3n) is 0. The van der Waals surface area contributed by atoms with Gasteiger partial charge in [-0.15, -0.1) is 0 Å². The van der Waals surface area contributed by atoms with Crippen molar-refractivity contribution in [3.05, 3.63) is 0 Å². The Kier molecular flexibility index (Phi) is 17200. The first-order valence-corrected chi connectivity index (χ1v) is 0. The van der Waals surface area contributed by atoms with E-state index >= 15 is 0 Å². The van der Waals surface area contributed by atoms with Crippen LogP contribution in [0.15, 0.2) is 0 Å². The minimum absolute atomic E-state index is 0. The van der Waals surface area contributed by atoms with E-state index in [1.165, 1.54) is 0 Å². The summed E-state index contributed by atoms with van der Waals surface area (Å²) < 4.78 is 0. The van der Waals surface area contributed by atoms with Crippen LogP contribution >= 0.6 is 0 Å². The molecule has 0 unspecified atom stereocenters. The van der Waals surface area contributed by atoms with Gasteiger partial charge in [-0.05, 0) is 0 Å². The van der Waals surface area contributed by atoms with E-state index < -0.39 is 0 Å². The summed E-state index contributed by atoms with van der Waals surface area (Å²) in [6.45, 7) is 0. The first-order valence-electron chi connectivity index (χ1n) is 0. The largest absolute Gasteiger partial charge is 2.00 e. The Morgan fingerprint density at radius 2 is 0.429 bits per heavy atom. The van der Waals surface area contributed by atoms with Crippen molar-refractivity contribution in [3.8, 4) is 0 Å². The zero-order chi connectivity index (χ0) is 0. The van der Waals surface area contributed by atoms with Gasteiger partial charge in [-0.2, -0.15) is 0 Å². The molecule has 0 aromatic heterocycles. The average Bonchev–Trinajstić information content (AvgIpc) is 0. The van der Waals surface area contributed by atoms with Crippen LogP contribution in [-0.4, -0.2) is 0 Å². The molecule has 0 saturated carbocycles. The average molecular weight is 203 g/mol. The van der Waals surface area contributed by atoms with E-state index in [0.29, 0.717) is 0 Å². The Morgan fingerprint density at radius 3 is 0.429 bits per heavy atom. The molecule has 7 heavy (non-hydrogen) atoms. The van der Waals surface area contributed by atoms with Crippen molar-refractivity contribution in [2.75, 3.05) is 0 Å². The second kappa shape index (κ2) is 277. The number of halogens is 2. The molecular formula is H12Cl2CuN4. The van der Waals surface area contributed by atoms with Crippen LogP contribution in [0, 0.1) is 0 Å². The monoisotopic (exact) mass is 201 g/mol. The van der Waals surface area contributed by atoms with Crippen LogP contribution < -0.4 is 49.4 Å². The van der Waals surface area contributed by atoms with Gasteiger partial charge < -0.3 is 49.4 Å². The summed E-state index contributed by atoms with van der Waals surface area (Å²) in [5.74, 6) is 0. The summed E-state index contributed by atoms with van der Waals surface area (Å²) in [7, 11) is 0. The van der Waals surface area contributed by atoms with Crippen molar-refractivity contribution in [1.82, 2.24) is 24.6 Å². The molecular weight excluding hydrogens is 190 g/mol. The topological polar surface area (TPSA) is 140 Å². The molecule has 0 aliphatic rings. The molecule has 0 atom stereocenters. The predicted molar refractivity (Wildman–Crippen MR) is 20.1 cm³/mol. The molecule has 7 heteroatoms. The Hall–Kier alpha value is 0.939. The molecule has 0 rings (SSSR count). The summed E-state index contributed by atoms with van der Waals surface area (Å²) in [4.78, 5) is 0. The molecule has 1 radical (unpaired) electrons. The van der Waals surface area contributed by atoms with Gasteiger partial charge in [0.05, 0.1) is 0 Å². The van der Waals surface area contributed by atoms with Gasteiger partial charge >= 0.3 is 17.1 Å². The normalized spacial score (nSPS) is 0. The van der Waals surface area contributed by atoms with Crippen LogP contribution in [0.1, 0.15) is 0 Å². The first kappa shape index (κ1) is 433. The zero-order valence-corrected chi connectivity index (χ0v) is 6.34. The number of hydrogen-bond donors (Lipinski definition) is 4. The van der Waals surface area contributed by atoms with E-state index in [-0.39, 0.29) is 66.5 Å². The van der Waals surface area contributed by atoms with Crippen molar-refractivity contribution in [2.45, 2.75) is 0 Å². The molecule has 0 heterocycles. The van der Waals surface area contributed by atoms with Crippen LogP contribution in [0.25, 0.3) is 0 Å². The van der Waals surface area contributed by atoms with Crippen LogP contribution in [0.5, 0.6) is 0 Å². The predicted octanol–water partition coefficient (Wildman–Crippen LogP) is -5.35. The Morgan fingerprint density at radius 1 is 0.429 bits per heavy atom. The van der Waals surface area contributed by atoms with Crippen molar-refractivity contribution < 1.29 is 41.9 Å². The smallest absolute Gasteiger partial charge is 1.00 e. The summed E-state index contributed by atoms with van der Waals surface area (Å²) >= 11 is 0. The Bertz CT molecular complexity index is 9.65. The summed E-state index contributed by atoms with van der Waals surface area (Å²) in [6, 6.07) is 0. The van der Waals surface area contributed by atoms with Crippen LogP contribution in [-0.2, 0) is 17.1 Å². The van der Waals surface area contributed by atoms with Gasteiger partial charge in [-0.25, -0.2) is 0 Å². The molecule has 0 aliphatic heterocycles. The van der Waals surface area contributed by atoms with Gasteiger partial charge in [0, 0.05) is 0 Å². The maximum atomic E-state index is 0. The molecule has 0 aliphatic carbocycles. The Balaban J connectivity index is 0. The van der Waals surface area contributed by atoms with Crippen LogP contribution in [0.3, 0.4) is 0 Å². The first-order chi connectivity index (χ1) is 0. The van der Waals surface area contributed by atoms with E-state index in [1.54, 1.807) is 0 Å². The maximum absolute atomic E-state index is 0. The summed E-state index contributed by atoms with van der Waals surface area (Å²) in [5, 5.41) is 0. The molecule has 0 bridgehead atoms. The second-order valence-corrected chi connectivity index (χ2v) is 0. The number of rotatable bonds is 0. The molecule has 0 amide bonds. The molecule has 0 aromatic carbocycles. The summed E-state index contributed by atoms with van der Waals surface area (Å²) in [6.07, 6.45) is 0. The van der Waals surface area contributed by atoms with Crippen LogP contribution in [0.2, 0.25) is 0 Å². The fourth-order valence-corrected chi connectivity index (χ4v) is 0. The van der Waals surface area contributed by atoms with Gasteiger partial charge in [0.15, 0.2) is 0 Å². The maximum Gasteiger partial charge on any atom is 2.00 e. The van der Waals surface area contributed by atoms with E-state index in [0.717, 1.165) is 0 Å². The molecule has 0 fully saturated rings. The van der Waals surface area contributed by atoms with Gasteiger partial charge in [0.25, 0.3) is 0 Å². The van der Waals surface area contributed by atoms with Gasteiger partial charge in [-0.3, -0.25) is 0 Å². The minimum Gasteiger partial charge on any atom is -1.00 e. The molecule has 4 nitrogen and oxygen atoms in total.